The van der Waals surface area contributed by atoms with Gasteiger partial charge in [-0.25, -0.2) is 0 Å². The number of aromatic amines is 1. The first-order valence-corrected chi connectivity index (χ1v) is 12.4. The van der Waals surface area contributed by atoms with E-state index in [-0.39, 0.29) is 11.8 Å². The van der Waals surface area contributed by atoms with Crippen LogP contribution in [-0.4, -0.2) is 47.9 Å². The predicted molar refractivity (Wildman–Crippen MR) is 142 cm³/mol. The molecule has 4 N–H and O–H groups in total. The van der Waals surface area contributed by atoms with Crippen molar-refractivity contribution in [2.75, 3.05) is 18.4 Å². The highest BCUT2D eigenvalue weighted by Gasteiger charge is 2.23. The molecule has 10 nitrogen and oxygen atoms in total. The second-order valence-electron chi connectivity index (χ2n) is 9.27. The first-order valence-electron chi connectivity index (χ1n) is 12.4. The van der Waals surface area contributed by atoms with Crippen molar-refractivity contribution >= 4 is 23.4 Å². The summed E-state index contributed by atoms with van der Waals surface area (Å²) in [7, 11) is 0. The molecule has 1 fully saturated rings. The molecular weight excluding hydrogens is 480 g/mol. The number of benzene rings is 2. The number of hydrogen-bond acceptors (Lipinski definition) is 7. The number of piperidine rings is 1. The Labute approximate surface area is 217 Å². The van der Waals surface area contributed by atoms with E-state index in [4.69, 9.17) is 15.2 Å². The van der Waals surface area contributed by atoms with Gasteiger partial charge in [-0.3, -0.25) is 9.56 Å². The summed E-state index contributed by atoms with van der Waals surface area (Å²) in [4.78, 5) is 12.2. The Kier molecular flexibility index (Phi) is 5.94. The van der Waals surface area contributed by atoms with Crippen LogP contribution in [0.4, 0.5) is 11.6 Å². The van der Waals surface area contributed by atoms with Gasteiger partial charge in [0.05, 0.1) is 36.1 Å². The average Bonchev–Trinajstić information content (AvgIpc) is 3.51. The maximum absolute atomic E-state index is 10.1. The van der Waals surface area contributed by atoms with Crippen molar-refractivity contribution in [1.29, 1.82) is 5.26 Å². The van der Waals surface area contributed by atoms with Crippen molar-refractivity contribution in [1.82, 2.24) is 29.1 Å². The van der Waals surface area contributed by atoms with Crippen LogP contribution >= 0.6 is 0 Å². The Morgan fingerprint density at radius 3 is 2.50 bits per heavy atom. The van der Waals surface area contributed by atoms with Crippen LogP contribution < -0.4 is 20.7 Å². The molecular formula is C28H25N8O2+. The summed E-state index contributed by atoms with van der Waals surface area (Å²) in [6.45, 7) is 1.57. The zero-order chi connectivity index (χ0) is 26.1. The third-order valence-electron chi connectivity index (χ3n) is 6.83. The van der Waals surface area contributed by atoms with Crippen LogP contribution in [0.25, 0.3) is 11.7 Å². The number of nitriles is 1. The lowest BCUT2D eigenvalue weighted by atomic mass is 9.89. The van der Waals surface area contributed by atoms with Gasteiger partial charge in [-0.15, -0.1) is 0 Å². The summed E-state index contributed by atoms with van der Waals surface area (Å²) in [6.07, 6.45) is 5.26. The lowest BCUT2D eigenvalue weighted by Gasteiger charge is -2.23. The van der Waals surface area contributed by atoms with Gasteiger partial charge in [0.15, 0.2) is 11.8 Å². The van der Waals surface area contributed by atoms with Crippen LogP contribution in [0.5, 0.6) is 11.8 Å². The van der Waals surface area contributed by atoms with E-state index in [2.05, 4.69) is 26.0 Å². The summed E-state index contributed by atoms with van der Waals surface area (Å²) < 4.78 is 3.81. The molecule has 1 aliphatic heterocycles. The number of hydrogen-bond donors (Lipinski definition) is 4. The lowest BCUT2D eigenvalue weighted by molar-refractivity contribution is 0.396. The van der Waals surface area contributed by atoms with E-state index in [1.807, 2.05) is 54.6 Å². The van der Waals surface area contributed by atoms with E-state index in [1.54, 1.807) is 16.8 Å². The fourth-order valence-electron chi connectivity index (χ4n) is 4.82. The lowest BCUT2D eigenvalue weighted by Crippen LogP contribution is -2.41. The third kappa shape index (κ3) is 4.53. The van der Waals surface area contributed by atoms with Crippen molar-refractivity contribution in [3.8, 4) is 17.8 Å². The van der Waals surface area contributed by atoms with Crippen molar-refractivity contribution in [3.05, 3.63) is 94.4 Å². The van der Waals surface area contributed by atoms with Gasteiger partial charge in [0.2, 0.25) is 5.65 Å². The van der Waals surface area contributed by atoms with E-state index in [0.717, 1.165) is 31.6 Å². The van der Waals surface area contributed by atoms with E-state index in [0.29, 0.717) is 39.5 Å². The second kappa shape index (κ2) is 9.71. The van der Waals surface area contributed by atoms with Crippen molar-refractivity contribution in [2.45, 2.75) is 18.8 Å². The highest BCUT2D eigenvalue weighted by molar-refractivity contribution is 5.62. The summed E-state index contributed by atoms with van der Waals surface area (Å²) in [6, 6.07) is 21.2. The molecule has 1 saturated heterocycles. The summed E-state index contributed by atoms with van der Waals surface area (Å²) in [5.74, 6) is 0.666. The predicted octanol–water partition coefficient (Wildman–Crippen LogP) is 2.38. The number of H-pyrrole nitrogens is 1. The average molecular weight is 506 g/mol. The van der Waals surface area contributed by atoms with Gasteiger partial charge in [-0.05, 0) is 64.6 Å². The minimum atomic E-state index is -0.136. The topological polar surface area (TPSA) is 138 Å². The van der Waals surface area contributed by atoms with Crippen LogP contribution in [0.3, 0.4) is 0 Å². The first-order chi connectivity index (χ1) is 18.6. The van der Waals surface area contributed by atoms with Crippen LogP contribution in [0, 0.1) is 11.3 Å². The molecule has 188 valence electrons. The molecule has 2 aromatic carbocycles. The van der Waals surface area contributed by atoms with Crippen LogP contribution in [0.2, 0.25) is 0 Å². The fourth-order valence-corrected chi connectivity index (χ4v) is 4.82. The van der Waals surface area contributed by atoms with Crippen molar-refractivity contribution in [3.63, 3.8) is 0 Å². The summed E-state index contributed by atoms with van der Waals surface area (Å²) >= 11 is 0. The van der Waals surface area contributed by atoms with Crippen molar-refractivity contribution in [2.24, 2.45) is 0 Å². The van der Waals surface area contributed by atoms with Gasteiger partial charge < -0.3 is 15.5 Å². The zero-order valence-electron chi connectivity index (χ0n) is 20.4. The maximum atomic E-state index is 10.1. The number of aromatic nitrogens is 5. The first kappa shape index (κ1) is 23.2. The standard InChI is InChI=1S/C28H24N8O2/c29-16-18-6-8-19(9-7-18)20-10-12-35(13-11-20)27-33-25-22(14-21-15-24(37)32-26(21)38)17-30-36(25)28(34-27)31-23-4-2-1-3-5-23/h1-9,14-15,17,20H,10-13H2,(H3,30,31,32,33,34,37,38)/p+1. The highest BCUT2D eigenvalue weighted by Crippen LogP contribution is 2.26. The molecule has 6 rings (SSSR count). The van der Waals surface area contributed by atoms with Gasteiger partial charge in [0, 0.05) is 17.3 Å². The molecule has 38 heavy (non-hydrogen) atoms. The molecule has 1 aliphatic rings. The minimum Gasteiger partial charge on any atom is -0.494 e. The Bertz CT molecular complexity index is 1770. The quantitative estimate of drug-likeness (QED) is 0.275. The molecule has 4 heterocycles. The number of rotatable bonds is 4. The molecule has 0 saturated carbocycles. The molecule has 10 heteroatoms. The number of aromatic hydroxyl groups is 2. The SMILES string of the molecule is N#Cc1ccc(C2CC[N+](=c3nc(Nc4ccccc4)n4ncc(=Cc5cc(O)[nH]c5O)c4n3)CC2)cc1. The summed E-state index contributed by atoms with van der Waals surface area (Å²) in [5, 5.41) is 37.4. The van der Waals surface area contributed by atoms with Crippen molar-refractivity contribution < 1.29 is 10.2 Å². The van der Waals surface area contributed by atoms with E-state index < -0.39 is 0 Å². The molecule has 0 radical (unpaired) electrons. The minimum absolute atomic E-state index is 0.128. The Balaban J connectivity index is 1.42. The Morgan fingerprint density at radius 1 is 1.05 bits per heavy atom. The largest absolute Gasteiger partial charge is 0.494 e. The van der Waals surface area contributed by atoms with Crippen LogP contribution in [0.1, 0.15) is 35.4 Å². The Hall–Kier alpha value is -5.17. The zero-order valence-corrected chi connectivity index (χ0v) is 20.4. The highest BCUT2D eigenvalue weighted by atomic mass is 16.3. The van der Waals surface area contributed by atoms with Gasteiger partial charge in [0.25, 0.3) is 0 Å². The van der Waals surface area contributed by atoms with Gasteiger partial charge >= 0.3 is 11.6 Å². The van der Waals surface area contributed by atoms with E-state index >= 15 is 0 Å². The monoisotopic (exact) mass is 505 g/mol. The number of para-hydroxylation sites is 1. The molecule has 0 atom stereocenters. The van der Waals surface area contributed by atoms with E-state index in [1.165, 1.54) is 11.6 Å². The normalized spacial score (nSPS) is 16.0. The molecule has 5 aromatic rings. The molecule has 0 amide bonds. The van der Waals surface area contributed by atoms with Gasteiger partial charge in [-0.2, -0.15) is 14.9 Å². The van der Waals surface area contributed by atoms with Gasteiger partial charge in [-0.1, -0.05) is 30.3 Å². The molecule has 0 spiro atoms. The third-order valence-corrected chi connectivity index (χ3v) is 6.83. The smallest absolute Gasteiger partial charge is 0.434 e. The Morgan fingerprint density at radius 2 is 1.82 bits per heavy atom. The van der Waals surface area contributed by atoms with Crippen LogP contribution in [-0.2, 0) is 0 Å². The number of nitrogens with zero attached hydrogens (tertiary/aromatic N) is 6. The molecule has 0 bridgehead atoms. The number of nitrogens with one attached hydrogen (secondary N) is 2. The maximum Gasteiger partial charge on any atom is 0.434 e. The second-order valence-corrected chi connectivity index (χ2v) is 9.27. The van der Waals surface area contributed by atoms with Gasteiger partial charge in [0.1, 0.15) is 0 Å². The molecule has 0 aliphatic carbocycles. The number of fused-ring (bicyclic) bond motifs is 1. The van der Waals surface area contributed by atoms with Crippen LogP contribution in [0.15, 0.2) is 66.9 Å². The fraction of sp³-hybridized carbons (Fsp3) is 0.179. The summed E-state index contributed by atoms with van der Waals surface area (Å²) in [5.41, 5.74) is 4.37. The molecule has 3 aromatic heterocycles. The molecule has 0 unspecified atom stereocenters. The number of anilines is 2. The van der Waals surface area contributed by atoms with E-state index in [9.17, 15) is 10.2 Å².